The molecule has 18 heavy (non-hydrogen) atoms. The Balaban J connectivity index is 2.28. The molecule has 0 aromatic carbocycles. The summed E-state index contributed by atoms with van der Waals surface area (Å²) in [5, 5.41) is 6.17. The van der Waals surface area contributed by atoms with E-state index in [4.69, 9.17) is 0 Å². The van der Waals surface area contributed by atoms with E-state index in [1.54, 1.807) is 0 Å². The molecule has 1 fully saturated rings. The number of alkyl halides is 3. The maximum Gasteiger partial charge on any atom is 0.401 e. The average molecular weight is 267 g/mol. The second-order valence-electron chi connectivity index (χ2n) is 3.79. The predicted octanol–water partition coefficient (Wildman–Crippen LogP) is -0.940. The van der Waals surface area contributed by atoms with Crippen LogP contribution in [0, 0.1) is 0 Å². The molecule has 9 heteroatoms. The molecule has 1 saturated heterocycles. The lowest BCUT2D eigenvalue weighted by Gasteiger charge is -2.21. The van der Waals surface area contributed by atoms with E-state index in [0.717, 1.165) is 0 Å². The van der Waals surface area contributed by atoms with Gasteiger partial charge in [-0.3, -0.25) is 19.7 Å². The van der Waals surface area contributed by atoms with E-state index < -0.39 is 43.0 Å². The molecule has 0 saturated carbocycles. The van der Waals surface area contributed by atoms with E-state index in [1.807, 2.05) is 10.6 Å². The topological polar surface area (TPSA) is 87.3 Å². The van der Waals surface area contributed by atoms with Crippen molar-refractivity contribution in [2.45, 2.75) is 25.1 Å². The summed E-state index contributed by atoms with van der Waals surface area (Å²) in [6.45, 7) is -1.83. The molecular formula is C9H12F3N3O3. The van der Waals surface area contributed by atoms with Crippen molar-refractivity contribution < 1.29 is 27.6 Å². The van der Waals surface area contributed by atoms with Crippen LogP contribution >= 0.6 is 0 Å². The highest BCUT2D eigenvalue weighted by atomic mass is 19.4. The van der Waals surface area contributed by atoms with Gasteiger partial charge in [0.05, 0.1) is 13.1 Å². The highest BCUT2D eigenvalue weighted by molar-refractivity contribution is 6.01. The zero-order valence-electron chi connectivity index (χ0n) is 9.26. The molecule has 0 bridgehead atoms. The van der Waals surface area contributed by atoms with Crippen LogP contribution in [0.4, 0.5) is 13.2 Å². The lowest BCUT2D eigenvalue weighted by molar-refractivity contribution is -0.138. The maximum absolute atomic E-state index is 11.8. The minimum Gasteiger partial charge on any atom is -0.343 e. The van der Waals surface area contributed by atoms with Gasteiger partial charge in [-0.1, -0.05) is 0 Å². The SMILES string of the molecule is O=C1CCC(NC(=O)CNCC(F)(F)F)C(=O)N1. The first-order valence-electron chi connectivity index (χ1n) is 5.18. The van der Waals surface area contributed by atoms with Gasteiger partial charge in [-0.25, -0.2) is 0 Å². The number of hydrogen-bond donors (Lipinski definition) is 3. The van der Waals surface area contributed by atoms with Gasteiger partial charge in [0.1, 0.15) is 6.04 Å². The summed E-state index contributed by atoms with van der Waals surface area (Å²) < 4.78 is 35.3. The summed E-state index contributed by atoms with van der Waals surface area (Å²) in [7, 11) is 0. The number of halogens is 3. The standard InChI is InChI=1S/C9H12F3N3O3/c10-9(11,12)4-13-3-7(17)14-5-1-2-6(16)15-8(5)18/h5,13H,1-4H2,(H,14,17)(H,15,16,18). The van der Waals surface area contributed by atoms with Gasteiger partial charge in [-0.2, -0.15) is 13.2 Å². The summed E-state index contributed by atoms with van der Waals surface area (Å²) in [5.74, 6) is -1.80. The van der Waals surface area contributed by atoms with E-state index in [9.17, 15) is 27.6 Å². The van der Waals surface area contributed by atoms with Crippen molar-refractivity contribution in [2.24, 2.45) is 0 Å². The Bertz CT molecular complexity index is 357. The number of nitrogens with one attached hydrogen (secondary N) is 3. The van der Waals surface area contributed by atoms with Gasteiger partial charge in [0.15, 0.2) is 0 Å². The number of piperidine rings is 1. The van der Waals surface area contributed by atoms with Crippen LogP contribution < -0.4 is 16.0 Å². The third-order valence-corrected chi connectivity index (χ3v) is 2.19. The summed E-state index contributed by atoms with van der Waals surface area (Å²) >= 11 is 0. The highest BCUT2D eigenvalue weighted by Gasteiger charge is 2.29. The molecule has 1 aliphatic heterocycles. The first-order chi connectivity index (χ1) is 8.28. The Labute approximate surface area is 100 Å². The third kappa shape index (κ3) is 5.13. The monoisotopic (exact) mass is 267 g/mol. The van der Waals surface area contributed by atoms with Crippen LogP contribution in [-0.2, 0) is 14.4 Å². The van der Waals surface area contributed by atoms with Gasteiger partial charge in [-0.05, 0) is 6.42 Å². The largest absolute Gasteiger partial charge is 0.401 e. The van der Waals surface area contributed by atoms with Crippen molar-refractivity contribution in [3.05, 3.63) is 0 Å². The fourth-order valence-corrected chi connectivity index (χ4v) is 1.39. The Morgan fingerprint density at radius 3 is 2.61 bits per heavy atom. The summed E-state index contributed by atoms with van der Waals surface area (Å²) in [4.78, 5) is 33.2. The van der Waals surface area contributed by atoms with E-state index in [0.29, 0.717) is 0 Å². The number of imide groups is 1. The van der Waals surface area contributed by atoms with E-state index in [1.165, 1.54) is 0 Å². The highest BCUT2D eigenvalue weighted by Crippen LogP contribution is 2.11. The smallest absolute Gasteiger partial charge is 0.343 e. The predicted molar refractivity (Wildman–Crippen MR) is 53.2 cm³/mol. The molecule has 1 rings (SSSR count). The van der Waals surface area contributed by atoms with Gasteiger partial charge in [0.2, 0.25) is 17.7 Å². The lowest BCUT2D eigenvalue weighted by Crippen LogP contribution is -2.53. The number of carbonyl (C=O) groups excluding carboxylic acids is 3. The molecule has 1 atom stereocenters. The van der Waals surface area contributed by atoms with Crippen molar-refractivity contribution in [1.29, 1.82) is 0 Å². The lowest BCUT2D eigenvalue weighted by atomic mass is 10.1. The van der Waals surface area contributed by atoms with Crippen LogP contribution in [0.2, 0.25) is 0 Å². The molecule has 0 spiro atoms. The first kappa shape index (κ1) is 14.4. The molecule has 0 aromatic heterocycles. The molecule has 3 amide bonds. The van der Waals surface area contributed by atoms with E-state index in [2.05, 4.69) is 5.32 Å². The second kappa shape index (κ2) is 5.80. The van der Waals surface area contributed by atoms with Crippen LogP contribution in [0.1, 0.15) is 12.8 Å². The van der Waals surface area contributed by atoms with Gasteiger partial charge >= 0.3 is 6.18 Å². The van der Waals surface area contributed by atoms with Gasteiger partial charge in [-0.15, -0.1) is 0 Å². The molecule has 0 aromatic rings. The van der Waals surface area contributed by atoms with Gasteiger partial charge in [0.25, 0.3) is 0 Å². The fraction of sp³-hybridized carbons (Fsp3) is 0.667. The normalized spacial score (nSPS) is 20.5. The molecule has 1 unspecified atom stereocenters. The number of carbonyl (C=O) groups is 3. The molecule has 1 aliphatic rings. The van der Waals surface area contributed by atoms with Crippen LogP contribution in [0.3, 0.4) is 0 Å². The first-order valence-corrected chi connectivity index (χ1v) is 5.18. The molecule has 3 N–H and O–H groups in total. The number of amides is 3. The van der Waals surface area contributed by atoms with Crippen LogP contribution in [0.15, 0.2) is 0 Å². The molecule has 0 aliphatic carbocycles. The van der Waals surface area contributed by atoms with Crippen molar-refractivity contribution in [3.8, 4) is 0 Å². The Morgan fingerprint density at radius 2 is 2.06 bits per heavy atom. The minimum absolute atomic E-state index is 0.0899. The van der Waals surface area contributed by atoms with Gasteiger partial charge in [0, 0.05) is 6.42 Å². The molecule has 1 heterocycles. The van der Waals surface area contributed by atoms with Crippen molar-refractivity contribution >= 4 is 17.7 Å². The Morgan fingerprint density at radius 1 is 1.39 bits per heavy atom. The van der Waals surface area contributed by atoms with Crippen molar-refractivity contribution in [2.75, 3.05) is 13.1 Å². The number of rotatable bonds is 4. The quantitative estimate of drug-likeness (QED) is 0.574. The third-order valence-electron chi connectivity index (χ3n) is 2.19. The van der Waals surface area contributed by atoms with E-state index in [-0.39, 0.29) is 12.8 Å². The summed E-state index contributed by atoms with van der Waals surface area (Å²) in [5.41, 5.74) is 0. The molecule has 6 nitrogen and oxygen atoms in total. The van der Waals surface area contributed by atoms with Crippen LogP contribution in [0.25, 0.3) is 0 Å². The second-order valence-corrected chi connectivity index (χ2v) is 3.79. The fourth-order valence-electron chi connectivity index (χ4n) is 1.39. The maximum atomic E-state index is 11.8. The summed E-state index contributed by atoms with van der Waals surface area (Å²) in [6.07, 6.45) is -4.16. The molecule has 102 valence electrons. The summed E-state index contributed by atoms with van der Waals surface area (Å²) in [6, 6.07) is -0.872. The number of hydrogen-bond acceptors (Lipinski definition) is 4. The Hall–Kier alpha value is -1.64. The molecule has 0 radical (unpaired) electrons. The minimum atomic E-state index is -4.39. The zero-order valence-corrected chi connectivity index (χ0v) is 9.26. The zero-order chi connectivity index (χ0) is 13.8. The van der Waals surface area contributed by atoms with Crippen molar-refractivity contribution in [1.82, 2.24) is 16.0 Å². The van der Waals surface area contributed by atoms with Crippen LogP contribution in [0.5, 0.6) is 0 Å². The van der Waals surface area contributed by atoms with Gasteiger partial charge < -0.3 is 10.6 Å². The van der Waals surface area contributed by atoms with E-state index >= 15 is 0 Å². The Kier molecular flexibility index (Phi) is 4.65. The van der Waals surface area contributed by atoms with Crippen LogP contribution in [-0.4, -0.2) is 43.0 Å². The molecular weight excluding hydrogens is 255 g/mol. The van der Waals surface area contributed by atoms with Crippen molar-refractivity contribution in [3.63, 3.8) is 0 Å². The average Bonchev–Trinajstić information content (AvgIpc) is 2.20.